The van der Waals surface area contributed by atoms with Gasteiger partial charge in [-0.25, -0.2) is 0 Å². The average Bonchev–Trinajstić information content (AvgIpc) is 3.22. The second-order valence-corrected chi connectivity index (χ2v) is 6.74. The third kappa shape index (κ3) is 3.08. The zero-order chi connectivity index (χ0) is 16.7. The number of nitrogens with zero attached hydrogens (tertiary/aromatic N) is 4. The van der Waals surface area contributed by atoms with Crippen molar-refractivity contribution in [2.75, 3.05) is 19.7 Å². The van der Waals surface area contributed by atoms with Crippen LogP contribution in [0.5, 0.6) is 0 Å². The maximum absolute atomic E-state index is 12.6. The van der Waals surface area contributed by atoms with Gasteiger partial charge in [0.05, 0.1) is 30.6 Å². The number of hydrogen-bond acceptors (Lipinski definition) is 5. The van der Waals surface area contributed by atoms with E-state index < -0.39 is 0 Å². The molecule has 0 radical (unpaired) electrons. The minimum Gasteiger partial charge on any atom is -0.373 e. The number of aryl methyl sites for hydroxylation is 2. The summed E-state index contributed by atoms with van der Waals surface area (Å²) in [5.41, 5.74) is 3.00. The van der Waals surface area contributed by atoms with Crippen LogP contribution in [0, 0.1) is 13.8 Å². The number of morpholine rings is 1. The van der Waals surface area contributed by atoms with E-state index in [0.29, 0.717) is 37.9 Å². The van der Waals surface area contributed by atoms with Gasteiger partial charge >= 0.3 is 0 Å². The second kappa shape index (κ2) is 6.05. The molecule has 0 aromatic carbocycles. The van der Waals surface area contributed by atoms with Crippen LogP contribution in [0.25, 0.3) is 0 Å². The van der Waals surface area contributed by atoms with Crippen LogP contribution in [-0.4, -0.2) is 51.5 Å². The molecule has 1 saturated heterocycles. The molecule has 3 heterocycles. The second-order valence-electron chi connectivity index (χ2n) is 6.74. The van der Waals surface area contributed by atoms with Gasteiger partial charge in [-0.15, -0.1) is 0 Å². The van der Waals surface area contributed by atoms with E-state index in [1.165, 1.54) is 0 Å². The molecule has 1 aliphatic heterocycles. The summed E-state index contributed by atoms with van der Waals surface area (Å²) in [6, 6.07) is 3.84. The molecule has 2 aromatic heterocycles. The van der Waals surface area contributed by atoms with Crippen molar-refractivity contribution < 1.29 is 14.1 Å². The van der Waals surface area contributed by atoms with E-state index in [4.69, 9.17) is 9.26 Å². The van der Waals surface area contributed by atoms with Crippen LogP contribution in [0.15, 0.2) is 16.7 Å². The molecule has 1 aliphatic carbocycles. The number of rotatable bonds is 4. The van der Waals surface area contributed by atoms with Gasteiger partial charge in [-0.3, -0.25) is 9.48 Å². The normalized spacial score (nSPS) is 21.2. The van der Waals surface area contributed by atoms with E-state index in [2.05, 4.69) is 10.3 Å². The number of amides is 1. The lowest BCUT2D eigenvalue weighted by Crippen LogP contribution is -2.47. The van der Waals surface area contributed by atoms with E-state index >= 15 is 0 Å². The van der Waals surface area contributed by atoms with E-state index in [-0.39, 0.29) is 12.0 Å². The van der Waals surface area contributed by atoms with Gasteiger partial charge in [-0.1, -0.05) is 5.16 Å². The Balaban J connectivity index is 1.41. The van der Waals surface area contributed by atoms with E-state index in [0.717, 1.165) is 29.9 Å². The largest absolute Gasteiger partial charge is 0.373 e. The van der Waals surface area contributed by atoms with E-state index in [9.17, 15) is 4.79 Å². The highest BCUT2D eigenvalue weighted by molar-refractivity contribution is 5.91. The van der Waals surface area contributed by atoms with E-state index in [1.54, 1.807) is 11.0 Å². The van der Waals surface area contributed by atoms with Crippen LogP contribution in [0.3, 0.4) is 0 Å². The summed E-state index contributed by atoms with van der Waals surface area (Å²) in [4.78, 5) is 14.4. The van der Waals surface area contributed by atoms with Crippen LogP contribution in [0.4, 0.5) is 0 Å². The zero-order valence-corrected chi connectivity index (χ0v) is 14.1. The van der Waals surface area contributed by atoms with Crippen molar-refractivity contribution >= 4 is 5.91 Å². The number of ether oxygens (including phenoxy) is 1. The molecule has 4 rings (SSSR count). The summed E-state index contributed by atoms with van der Waals surface area (Å²) in [5.74, 6) is 0.721. The van der Waals surface area contributed by atoms with Crippen molar-refractivity contribution in [3.05, 3.63) is 35.0 Å². The molecule has 2 aromatic rings. The lowest BCUT2D eigenvalue weighted by Gasteiger charge is -2.32. The molecule has 1 unspecified atom stereocenters. The van der Waals surface area contributed by atoms with Gasteiger partial charge in [-0.05, 0) is 32.8 Å². The van der Waals surface area contributed by atoms with Gasteiger partial charge in [0.1, 0.15) is 0 Å². The van der Waals surface area contributed by atoms with Gasteiger partial charge < -0.3 is 14.2 Å². The molecule has 2 aliphatic rings. The summed E-state index contributed by atoms with van der Waals surface area (Å²) in [6.45, 7) is 6.29. The van der Waals surface area contributed by atoms with Crippen LogP contribution in [-0.2, 0) is 11.3 Å². The molecule has 0 bridgehead atoms. The molecule has 0 spiro atoms. The lowest BCUT2D eigenvalue weighted by atomic mass is 10.2. The Hall–Kier alpha value is -2.15. The predicted molar refractivity (Wildman–Crippen MR) is 85.8 cm³/mol. The Morgan fingerprint density at radius 1 is 1.33 bits per heavy atom. The summed E-state index contributed by atoms with van der Waals surface area (Å²) in [6.07, 6.45) is 2.22. The maximum atomic E-state index is 12.6. The average molecular weight is 330 g/mol. The monoisotopic (exact) mass is 330 g/mol. The van der Waals surface area contributed by atoms with Crippen molar-refractivity contribution in [2.24, 2.45) is 0 Å². The highest BCUT2D eigenvalue weighted by atomic mass is 16.5. The number of carbonyl (C=O) groups excluding carboxylic acids is 1. The molecule has 7 nitrogen and oxygen atoms in total. The molecule has 24 heavy (non-hydrogen) atoms. The SMILES string of the molecule is Cc1cc(C)n(CC2CN(C(=O)c3cc(C4CC4)no3)CCO2)n1. The van der Waals surface area contributed by atoms with Gasteiger partial charge in [-0.2, -0.15) is 5.10 Å². The van der Waals surface area contributed by atoms with Crippen molar-refractivity contribution in [3.8, 4) is 0 Å². The van der Waals surface area contributed by atoms with Crippen LogP contribution in [0.1, 0.15) is 46.4 Å². The minimum atomic E-state index is -0.101. The highest BCUT2D eigenvalue weighted by Crippen LogP contribution is 2.39. The molecule has 0 N–H and O–H groups in total. The molecular weight excluding hydrogens is 308 g/mol. The summed E-state index contributed by atoms with van der Waals surface area (Å²) in [5, 5.41) is 8.49. The Labute approximate surface area is 140 Å². The van der Waals surface area contributed by atoms with Crippen molar-refractivity contribution in [1.82, 2.24) is 19.8 Å². The van der Waals surface area contributed by atoms with Gasteiger partial charge in [0, 0.05) is 30.8 Å². The Morgan fingerprint density at radius 3 is 2.88 bits per heavy atom. The van der Waals surface area contributed by atoms with Crippen LogP contribution >= 0.6 is 0 Å². The molecule has 1 saturated carbocycles. The first-order valence-corrected chi connectivity index (χ1v) is 8.48. The van der Waals surface area contributed by atoms with Crippen molar-refractivity contribution in [3.63, 3.8) is 0 Å². The molecule has 1 amide bonds. The lowest BCUT2D eigenvalue weighted by molar-refractivity contribution is -0.0312. The Bertz CT molecular complexity index is 747. The fraction of sp³-hybridized carbons (Fsp3) is 0.588. The fourth-order valence-electron chi connectivity index (χ4n) is 3.18. The summed E-state index contributed by atoms with van der Waals surface area (Å²) >= 11 is 0. The minimum absolute atomic E-state index is 0.0634. The van der Waals surface area contributed by atoms with Gasteiger partial charge in [0.15, 0.2) is 0 Å². The molecule has 1 atom stereocenters. The van der Waals surface area contributed by atoms with Gasteiger partial charge in [0.2, 0.25) is 5.76 Å². The summed E-state index contributed by atoms with van der Waals surface area (Å²) in [7, 11) is 0. The topological polar surface area (TPSA) is 73.4 Å². The highest BCUT2D eigenvalue weighted by Gasteiger charge is 2.31. The standard InChI is InChI=1S/C17H22N4O3/c1-11-7-12(2)21(18-11)10-14-9-20(5-6-23-14)17(22)16-8-15(19-24-16)13-3-4-13/h7-8,13-14H,3-6,9-10H2,1-2H3. The van der Waals surface area contributed by atoms with Crippen LogP contribution in [0.2, 0.25) is 0 Å². The van der Waals surface area contributed by atoms with Crippen LogP contribution < -0.4 is 0 Å². The number of carbonyl (C=O) groups is 1. The number of hydrogen-bond donors (Lipinski definition) is 0. The third-order valence-corrected chi connectivity index (χ3v) is 4.64. The first-order chi connectivity index (χ1) is 11.6. The Kier molecular flexibility index (Phi) is 3.88. The van der Waals surface area contributed by atoms with Gasteiger partial charge in [0.25, 0.3) is 5.91 Å². The molecule has 7 heteroatoms. The maximum Gasteiger partial charge on any atom is 0.292 e. The molecular formula is C17H22N4O3. The van der Waals surface area contributed by atoms with Crippen molar-refractivity contribution in [2.45, 2.75) is 45.3 Å². The fourth-order valence-corrected chi connectivity index (χ4v) is 3.18. The third-order valence-electron chi connectivity index (χ3n) is 4.64. The first-order valence-electron chi connectivity index (χ1n) is 8.48. The Morgan fingerprint density at radius 2 is 2.17 bits per heavy atom. The first kappa shape index (κ1) is 15.4. The quantitative estimate of drug-likeness (QED) is 0.856. The van der Waals surface area contributed by atoms with Crippen molar-refractivity contribution in [1.29, 1.82) is 0 Å². The smallest absolute Gasteiger partial charge is 0.292 e. The zero-order valence-electron chi connectivity index (χ0n) is 14.1. The predicted octanol–water partition coefficient (Wildman–Crippen LogP) is 1.91. The molecule has 128 valence electrons. The summed E-state index contributed by atoms with van der Waals surface area (Å²) < 4.78 is 13.0. The number of aromatic nitrogens is 3. The molecule has 2 fully saturated rings. The van der Waals surface area contributed by atoms with E-state index in [1.807, 2.05) is 24.6 Å².